The molecule has 1 aliphatic carbocycles. The topological polar surface area (TPSA) is 27.8 Å². The van der Waals surface area contributed by atoms with Gasteiger partial charge in [0.05, 0.1) is 0 Å². The number of nitrogens with one attached hydrogen (secondary N) is 2. The molecule has 0 bridgehead atoms. The van der Waals surface area contributed by atoms with Crippen molar-refractivity contribution < 1.29 is 0 Å². The van der Waals surface area contributed by atoms with Gasteiger partial charge in [0, 0.05) is 29.2 Å². The molecule has 2 nitrogen and oxygen atoms in total. The van der Waals surface area contributed by atoms with Crippen LogP contribution >= 0.6 is 0 Å². The van der Waals surface area contributed by atoms with Crippen LogP contribution < -0.4 is 5.32 Å². The molecular formula is C16H22N2. The summed E-state index contributed by atoms with van der Waals surface area (Å²) in [6.45, 7) is 5.35. The van der Waals surface area contributed by atoms with Gasteiger partial charge in [0.15, 0.2) is 0 Å². The van der Waals surface area contributed by atoms with E-state index >= 15 is 0 Å². The molecule has 2 aromatic rings. The van der Waals surface area contributed by atoms with Crippen molar-refractivity contribution in [2.45, 2.75) is 52.1 Å². The summed E-state index contributed by atoms with van der Waals surface area (Å²) in [5.74, 6) is 0. The highest BCUT2D eigenvalue weighted by molar-refractivity contribution is 5.85. The molecule has 3 rings (SSSR count). The Bertz CT molecular complexity index is 551. The normalized spacial score (nSPS) is 15.3. The second-order valence-electron chi connectivity index (χ2n) is 5.70. The van der Waals surface area contributed by atoms with Crippen LogP contribution in [0.15, 0.2) is 18.2 Å². The molecular weight excluding hydrogens is 220 g/mol. The lowest BCUT2D eigenvalue weighted by atomic mass is 9.95. The monoisotopic (exact) mass is 242 g/mol. The average molecular weight is 242 g/mol. The van der Waals surface area contributed by atoms with Gasteiger partial charge in [-0.1, -0.05) is 19.9 Å². The third kappa shape index (κ3) is 2.17. The predicted octanol–water partition coefficient (Wildman–Crippen LogP) is 3.54. The minimum atomic E-state index is 0.542. The van der Waals surface area contributed by atoms with Gasteiger partial charge in [-0.05, 0) is 48.9 Å². The Morgan fingerprint density at radius 2 is 2.06 bits per heavy atom. The first-order chi connectivity index (χ1) is 8.74. The lowest BCUT2D eigenvalue weighted by Gasteiger charge is -2.11. The second kappa shape index (κ2) is 4.77. The smallest absolute Gasteiger partial charge is 0.0459 e. The Labute approximate surface area is 109 Å². The Morgan fingerprint density at radius 3 is 2.89 bits per heavy atom. The molecule has 96 valence electrons. The van der Waals surface area contributed by atoms with E-state index < -0.39 is 0 Å². The van der Waals surface area contributed by atoms with Crippen molar-refractivity contribution in [3.8, 4) is 0 Å². The number of aromatic nitrogens is 1. The number of hydrogen-bond acceptors (Lipinski definition) is 1. The maximum Gasteiger partial charge on any atom is 0.0459 e. The van der Waals surface area contributed by atoms with E-state index in [-0.39, 0.29) is 0 Å². The molecule has 0 fully saturated rings. The molecule has 2 N–H and O–H groups in total. The van der Waals surface area contributed by atoms with Crippen molar-refractivity contribution in [2.75, 3.05) is 0 Å². The van der Waals surface area contributed by atoms with Gasteiger partial charge in [0.1, 0.15) is 0 Å². The van der Waals surface area contributed by atoms with E-state index in [0.717, 1.165) is 6.54 Å². The third-order valence-corrected chi connectivity index (χ3v) is 3.88. The highest BCUT2D eigenvalue weighted by atomic mass is 14.9. The lowest BCUT2D eigenvalue weighted by molar-refractivity contribution is 0.589. The summed E-state index contributed by atoms with van der Waals surface area (Å²) in [5, 5.41) is 4.94. The summed E-state index contributed by atoms with van der Waals surface area (Å²) >= 11 is 0. The predicted molar refractivity (Wildman–Crippen MR) is 76.9 cm³/mol. The molecule has 1 aromatic heterocycles. The molecule has 0 spiro atoms. The molecule has 1 aliphatic rings. The quantitative estimate of drug-likeness (QED) is 0.846. The first-order valence-electron chi connectivity index (χ1n) is 7.10. The van der Waals surface area contributed by atoms with Gasteiger partial charge in [0.25, 0.3) is 0 Å². The zero-order valence-corrected chi connectivity index (χ0v) is 11.3. The fraction of sp³-hybridized carbons (Fsp3) is 0.500. The number of fused-ring (bicyclic) bond motifs is 3. The van der Waals surface area contributed by atoms with Crippen molar-refractivity contribution >= 4 is 10.9 Å². The number of H-pyrrole nitrogens is 1. The SMILES string of the molecule is CC(C)NCc1ccc2[nH]c3c(c2c1)CCCC3. The summed E-state index contributed by atoms with van der Waals surface area (Å²) in [6.07, 6.45) is 5.15. The van der Waals surface area contributed by atoms with Crippen LogP contribution in [0.1, 0.15) is 43.5 Å². The van der Waals surface area contributed by atoms with Crippen LogP contribution in [-0.4, -0.2) is 11.0 Å². The molecule has 1 heterocycles. The van der Waals surface area contributed by atoms with Crippen molar-refractivity contribution in [1.82, 2.24) is 10.3 Å². The van der Waals surface area contributed by atoms with Gasteiger partial charge in [0.2, 0.25) is 0 Å². The van der Waals surface area contributed by atoms with Crippen molar-refractivity contribution in [3.05, 3.63) is 35.0 Å². The number of benzene rings is 1. The van der Waals surface area contributed by atoms with Crippen molar-refractivity contribution in [1.29, 1.82) is 0 Å². The maximum atomic E-state index is 3.59. The summed E-state index contributed by atoms with van der Waals surface area (Å²) in [7, 11) is 0. The van der Waals surface area contributed by atoms with Gasteiger partial charge < -0.3 is 10.3 Å². The Balaban J connectivity index is 1.95. The van der Waals surface area contributed by atoms with Gasteiger partial charge in [-0.15, -0.1) is 0 Å². The zero-order valence-electron chi connectivity index (χ0n) is 11.3. The van der Waals surface area contributed by atoms with E-state index in [4.69, 9.17) is 0 Å². The number of hydrogen-bond donors (Lipinski definition) is 2. The zero-order chi connectivity index (χ0) is 12.5. The molecule has 0 radical (unpaired) electrons. The Hall–Kier alpha value is -1.28. The van der Waals surface area contributed by atoms with E-state index in [2.05, 4.69) is 42.3 Å². The van der Waals surface area contributed by atoms with Crippen LogP contribution in [0.3, 0.4) is 0 Å². The highest BCUT2D eigenvalue weighted by Crippen LogP contribution is 2.29. The molecule has 1 aromatic carbocycles. The van der Waals surface area contributed by atoms with E-state index in [1.54, 1.807) is 5.56 Å². The van der Waals surface area contributed by atoms with Crippen molar-refractivity contribution in [2.24, 2.45) is 0 Å². The summed E-state index contributed by atoms with van der Waals surface area (Å²) in [4.78, 5) is 3.59. The Morgan fingerprint density at radius 1 is 1.22 bits per heavy atom. The van der Waals surface area contributed by atoms with Gasteiger partial charge in [-0.3, -0.25) is 0 Å². The lowest BCUT2D eigenvalue weighted by Crippen LogP contribution is -2.21. The largest absolute Gasteiger partial charge is 0.358 e. The van der Waals surface area contributed by atoms with Gasteiger partial charge >= 0.3 is 0 Å². The van der Waals surface area contributed by atoms with E-state index in [1.165, 1.54) is 47.8 Å². The fourth-order valence-corrected chi connectivity index (χ4v) is 2.89. The van der Waals surface area contributed by atoms with Crippen LogP contribution in [0, 0.1) is 0 Å². The number of rotatable bonds is 3. The minimum Gasteiger partial charge on any atom is -0.358 e. The van der Waals surface area contributed by atoms with Crippen LogP contribution in [0.4, 0.5) is 0 Å². The van der Waals surface area contributed by atoms with Crippen molar-refractivity contribution in [3.63, 3.8) is 0 Å². The minimum absolute atomic E-state index is 0.542. The first kappa shape index (κ1) is 11.8. The summed E-state index contributed by atoms with van der Waals surface area (Å²) in [5.41, 5.74) is 5.76. The number of aryl methyl sites for hydroxylation is 2. The van der Waals surface area contributed by atoms with E-state index in [0.29, 0.717) is 6.04 Å². The van der Waals surface area contributed by atoms with Crippen LogP contribution in [0.2, 0.25) is 0 Å². The highest BCUT2D eigenvalue weighted by Gasteiger charge is 2.15. The van der Waals surface area contributed by atoms with Crippen LogP contribution in [0.25, 0.3) is 10.9 Å². The molecule has 0 saturated carbocycles. The molecule has 0 amide bonds. The van der Waals surface area contributed by atoms with Gasteiger partial charge in [-0.2, -0.15) is 0 Å². The first-order valence-corrected chi connectivity index (χ1v) is 7.10. The molecule has 18 heavy (non-hydrogen) atoms. The molecule has 0 atom stereocenters. The van der Waals surface area contributed by atoms with Crippen LogP contribution in [-0.2, 0) is 19.4 Å². The summed E-state index contributed by atoms with van der Waals surface area (Å²) in [6, 6.07) is 7.39. The summed E-state index contributed by atoms with van der Waals surface area (Å²) < 4.78 is 0. The van der Waals surface area contributed by atoms with Crippen LogP contribution in [0.5, 0.6) is 0 Å². The molecule has 0 unspecified atom stereocenters. The Kier molecular flexibility index (Phi) is 3.13. The molecule has 0 saturated heterocycles. The average Bonchev–Trinajstić information content (AvgIpc) is 2.74. The molecule has 2 heteroatoms. The second-order valence-corrected chi connectivity index (χ2v) is 5.70. The standard InChI is InChI=1S/C16H22N2/c1-11(2)17-10-12-7-8-16-14(9-12)13-5-3-4-6-15(13)18-16/h7-9,11,17-18H,3-6,10H2,1-2H3. The van der Waals surface area contributed by atoms with E-state index in [9.17, 15) is 0 Å². The molecule has 0 aliphatic heterocycles. The van der Waals surface area contributed by atoms with Gasteiger partial charge in [-0.25, -0.2) is 0 Å². The fourth-order valence-electron chi connectivity index (χ4n) is 2.89. The number of aromatic amines is 1. The third-order valence-electron chi connectivity index (χ3n) is 3.88. The van der Waals surface area contributed by atoms with E-state index in [1.807, 2.05) is 0 Å². The maximum absolute atomic E-state index is 3.59.